The monoisotopic (exact) mass is 467 g/mol. The Balaban J connectivity index is 1.57. The van der Waals surface area contributed by atoms with Crippen LogP contribution in [0.4, 0.5) is 0 Å². The maximum atomic E-state index is 12.0. The highest BCUT2D eigenvalue weighted by atomic mass is 79.9. The van der Waals surface area contributed by atoms with E-state index in [-0.39, 0.29) is 24.1 Å². The molecule has 3 rings (SSSR count). The molecular formula is C19H18BrNO6S. The number of rotatable bonds is 7. The van der Waals surface area contributed by atoms with Gasteiger partial charge in [0.2, 0.25) is 5.09 Å². The third-order valence-corrected chi connectivity index (χ3v) is 6.43. The lowest BCUT2D eigenvalue weighted by atomic mass is 10.1. The van der Waals surface area contributed by atoms with Gasteiger partial charge in [-0.3, -0.25) is 0 Å². The number of benzene rings is 2. The van der Waals surface area contributed by atoms with Crippen molar-refractivity contribution in [3.8, 4) is 5.75 Å². The Bertz CT molecular complexity index is 1110. The molecule has 0 aliphatic heterocycles. The molecule has 0 aliphatic carbocycles. The van der Waals surface area contributed by atoms with Crippen molar-refractivity contribution in [2.75, 3.05) is 20.7 Å². The van der Waals surface area contributed by atoms with Crippen LogP contribution in [0.15, 0.2) is 62.5 Å². The van der Waals surface area contributed by atoms with Crippen LogP contribution in [-0.2, 0) is 26.2 Å². The molecule has 3 aromatic rings. The number of nitrogens with zero attached hydrogens (tertiary/aromatic N) is 1. The first-order valence-electron chi connectivity index (χ1n) is 8.26. The largest absolute Gasteiger partial charge is 0.481 e. The lowest BCUT2D eigenvalue weighted by Crippen LogP contribution is -2.21. The van der Waals surface area contributed by atoms with Crippen molar-refractivity contribution in [3.63, 3.8) is 0 Å². The second-order valence-electron chi connectivity index (χ2n) is 6.06. The van der Waals surface area contributed by atoms with Crippen LogP contribution in [0.1, 0.15) is 5.76 Å². The molecule has 1 aromatic heterocycles. The zero-order chi connectivity index (χ0) is 20.3. The number of furan rings is 1. The van der Waals surface area contributed by atoms with E-state index in [0.717, 1.165) is 19.6 Å². The lowest BCUT2D eigenvalue weighted by Gasteiger charge is -2.10. The lowest BCUT2D eigenvalue weighted by molar-refractivity contribution is -0.147. The highest BCUT2D eigenvalue weighted by Crippen LogP contribution is 2.33. The van der Waals surface area contributed by atoms with Gasteiger partial charge < -0.3 is 13.9 Å². The summed E-state index contributed by atoms with van der Waals surface area (Å²) >= 11 is 3.49. The average Bonchev–Trinajstić information content (AvgIpc) is 3.16. The van der Waals surface area contributed by atoms with E-state index >= 15 is 0 Å². The number of hydrogen-bond donors (Lipinski definition) is 0. The molecule has 0 fully saturated rings. The molecule has 28 heavy (non-hydrogen) atoms. The minimum Gasteiger partial charge on any atom is -0.481 e. The van der Waals surface area contributed by atoms with Gasteiger partial charge in [-0.05, 0) is 44.9 Å². The maximum absolute atomic E-state index is 12.0. The third kappa shape index (κ3) is 4.37. The molecule has 0 unspecified atom stereocenters. The predicted molar refractivity (Wildman–Crippen MR) is 107 cm³/mol. The van der Waals surface area contributed by atoms with Gasteiger partial charge in [0.1, 0.15) is 18.1 Å². The molecule has 9 heteroatoms. The predicted octanol–water partition coefficient (Wildman–Crippen LogP) is 3.57. The quantitative estimate of drug-likeness (QED) is 0.493. The summed E-state index contributed by atoms with van der Waals surface area (Å²) in [5.74, 6) is 0.141. The van der Waals surface area contributed by atoms with Crippen molar-refractivity contribution in [2.24, 2.45) is 0 Å². The minimum absolute atomic E-state index is 0.190. The summed E-state index contributed by atoms with van der Waals surface area (Å²) < 4.78 is 41.6. The molecule has 0 radical (unpaired) electrons. The summed E-state index contributed by atoms with van der Waals surface area (Å²) in [5, 5.41) is 1.81. The fraction of sp³-hybridized carbons (Fsp3) is 0.211. The van der Waals surface area contributed by atoms with Crippen LogP contribution in [-0.4, -0.2) is 39.4 Å². The zero-order valence-corrected chi connectivity index (χ0v) is 17.6. The van der Waals surface area contributed by atoms with Gasteiger partial charge >= 0.3 is 5.97 Å². The maximum Gasteiger partial charge on any atom is 0.344 e. The summed E-state index contributed by atoms with van der Waals surface area (Å²) in [6, 6.07) is 14.2. The first kappa shape index (κ1) is 20.4. The Morgan fingerprint density at radius 2 is 1.86 bits per heavy atom. The Morgan fingerprint density at radius 3 is 2.61 bits per heavy atom. The molecule has 1 heterocycles. The number of hydrogen-bond acceptors (Lipinski definition) is 6. The SMILES string of the molecule is CN(C)S(=O)(=O)c1ccc(COC(=O)COc2ccc3ccccc3c2Br)o1. The molecule has 7 nitrogen and oxygen atoms in total. The van der Waals surface area contributed by atoms with E-state index in [4.69, 9.17) is 13.9 Å². The van der Waals surface area contributed by atoms with Crippen molar-refractivity contribution >= 4 is 42.7 Å². The van der Waals surface area contributed by atoms with Crippen LogP contribution < -0.4 is 4.74 Å². The first-order chi connectivity index (χ1) is 13.3. The first-order valence-corrected chi connectivity index (χ1v) is 10.5. The van der Waals surface area contributed by atoms with E-state index in [0.29, 0.717) is 5.75 Å². The van der Waals surface area contributed by atoms with Crippen LogP contribution in [0.25, 0.3) is 10.8 Å². The summed E-state index contributed by atoms with van der Waals surface area (Å²) in [6.07, 6.45) is 0. The number of halogens is 1. The highest BCUT2D eigenvalue weighted by molar-refractivity contribution is 9.10. The summed E-state index contributed by atoms with van der Waals surface area (Å²) in [7, 11) is -0.862. The van der Waals surface area contributed by atoms with E-state index in [2.05, 4.69) is 15.9 Å². The fourth-order valence-corrected chi connectivity index (χ4v) is 3.83. The van der Waals surface area contributed by atoms with Gasteiger partial charge in [0.15, 0.2) is 6.61 Å². The molecule has 0 atom stereocenters. The standard InChI is InChI=1S/C19H18BrNO6S/c1-21(2)28(23,24)18-10-8-14(27-18)11-26-17(22)12-25-16-9-7-13-5-3-4-6-15(13)19(16)20/h3-10H,11-12H2,1-2H3. The minimum atomic E-state index is -3.67. The second kappa shape index (κ2) is 8.34. The molecule has 0 aliphatic rings. The van der Waals surface area contributed by atoms with Gasteiger partial charge in [-0.2, -0.15) is 0 Å². The normalized spacial score (nSPS) is 11.7. The van der Waals surface area contributed by atoms with E-state index in [9.17, 15) is 13.2 Å². The Hall–Kier alpha value is -2.36. The molecular weight excluding hydrogens is 450 g/mol. The van der Waals surface area contributed by atoms with Crippen LogP contribution in [0.5, 0.6) is 5.75 Å². The molecule has 0 spiro atoms. The smallest absolute Gasteiger partial charge is 0.344 e. The highest BCUT2D eigenvalue weighted by Gasteiger charge is 2.21. The number of ether oxygens (including phenoxy) is 2. The van der Waals surface area contributed by atoms with Crippen LogP contribution in [0.3, 0.4) is 0 Å². The fourth-order valence-electron chi connectivity index (χ4n) is 2.41. The Morgan fingerprint density at radius 1 is 1.11 bits per heavy atom. The van der Waals surface area contributed by atoms with Crippen molar-refractivity contribution < 1.29 is 27.1 Å². The van der Waals surface area contributed by atoms with E-state index in [1.807, 2.05) is 30.3 Å². The molecule has 0 amide bonds. The second-order valence-corrected chi connectivity index (χ2v) is 8.93. The number of esters is 1. The van der Waals surface area contributed by atoms with Crippen molar-refractivity contribution in [1.82, 2.24) is 4.31 Å². The molecule has 0 bridgehead atoms. The van der Waals surface area contributed by atoms with Gasteiger partial charge in [0.25, 0.3) is 10.0 Å². The number of carbonyl (C=O) groups excluding carboxylic acids is 1. The van der Waals surface area contributed by atoms with Gasteiger partial charge in [-0.25, -0.2) is 17.5 Å². The molecule has 0 saturated heterocycles. The summed E-state index contributed by atoms with van der Waals surface area (Å²) in [5.41, 5.74) is 0. The van der Waals surface area contributed by atoms with Crippen LogP contribution in [0, 0.1) is 0 Å². The molecule has 2 aromatic carbocycles. The van der Waals surface area contributed by atoms with E-state index in [1.54, 1.807) is 6.07 Å². The molecule has 0 saturated carbocycles. The van der Waals surface area contributed by atoms with Crippen molar-refractivity contribution in [3.05, 3.63) is 58.8 Å². The number of sulfonamides is 1. The topological polar surface area (TPSA) is 86.0 Å². The van der Waals surface area contributed by atoms with E-state index in [1.165, 1.54) is 26.2 Å². The summed E-state index contributed by atoms with van der Waals surface area (Å²) in [6.45, 7) is -0.482. The van der Waals surface area contributed by atoms with Gasteiger partial charge in [0.05, 0.1) is 4.47 Å². The Labute approximate surface area is 171 Å². The number of fused-ring (bicyclic) bond motifs is 1. The third-order valence-electron chi connectivity index (χ3n) is 3.92. The number of carbonyl (C=O) groups is 1. The molecule has 148 valence electrons. The summed E-state index contributed by atoms with van der Waals surface area (Å²) in [4.78, 5) is 11.9. The van der Waals surface area contributed by atoms with E-state index < -0.39 is 16.0 Å². The van der Waals surface area contributed by atoms with Gasteiger partial charge in [-0.1, -0.05) is 30.3 Å². The Kier molecular flexibility index (Phi) is 6.07. The van der Waals surface area contributed by atoms with Crippen LogP contribution in [0.2, 0.25) is 0 Å². The molecule has 0 N–H and O–H groups in total. The van der Waals surface area contributed by atoms with Crippen LogP contribution >= 0.6 is 15.9 Å². The average molecular weight is 468 g/mol. The van der Waals surface area contributed by atoms with Crippen molar-refractivity contribution in [1.29, 1.82) is 0 Å². The van der Waals surface area contributed by atoms with Gasteiger partial charge in [0, 0.05) is 14.1 Å². The van der Waals surface area contributed by atoms with Crippen molar-refractivity contribution in [2.45, 2.75) is 11.7 Å². The zero-order valence-electron chi connectivity index (χ0n) is 15.2. The van der Waals surface area contributed by atoms with Gasteiger partial charge in [-0.15, -0.1) is 0 Å².